The Bertz CT molecular complexity index is 1540. The molecule has 2 aliphatic rings. The molecule has 0 bridgehead atoms. The van der Waals surface area contributed by atoms with Crippen molar-refractivity contribution in [3.8, 4) is 16.9 Å². The Labute approximate surface area is 216 Å². The lowest BCUT2D eigenvalue weighted by Gasteiger charge is -2.27. The number of aliphatic hydroxyl groups excluding tert-OH is 1. The first-order valence-electron chi connectivity index (χ1n) is 12.5. The quantitative estimate of drug-likeness (QED) is 0.385. The van der Waals surface area contributed by atoms with Crippen molar-refractivity contribution in [3.63, 3.8) is 0 Å². The molecule has 12 nitrogen and oxygen atoms in total. The van der Waals surface area contributed by atoms with Gasteiger partial charge in [0.05, 0.1) is 41.7 Å². The molecule has 0 spiro atoms. The summed E-state index contributed by atoms with van der Waals surface area (Å²) in [6.07, 6.45) is 6.83. The minimum atomic E-state index is -3.03. The Hall–Kier alpha value is -3.46. The van der Waals surface area contributed by atoms with Crippen molar-refractivity contribution in [2.24, 2.45) is 5.92 Å². The summed E-state index contributed by atoms with van der Waals surface area (Å²) in [7, 11) is -3.03. The van der Waals surface area contributed by atoms with Gasteiger partial charge in [0, 0.05) is 25.9 Å². The molecule has 0 radical (unpaired) electrons. The minimum absolute atomic E-state index is 0.0148. The third kappa shape index (κ3) is 4.64. The van der Waals surface area contributed by atoms with Gasteiger partial charge in [0.25, 0.3) is 6.43 Å². The van der Waals surface area contributed by atoms with Crippen LogP contribution < -0.4 is 4.90 Å². The van der Waals surface area contributed by atoms with Crippen LogP contribution in [0.5, 0.6) is 0 Å². The molecular formula is C23H27F2N9O3S. The summed E-state index contributed by atoms with van der Waals surface area (Å²) in [5, 5.41) is 26.2. The number of hydrogen-bond acceptors (Lipinski definition) is 9. The average Bonchev–Trinajstić information content (AvgIpc) is 3.66. The van der Waals surface area contributed by atoms with Crippen molar-refractivity contribution in [1.82, 2.24) is 39.4 Å². The van der Waals surface area contributed by atoms with Crippen LogP contribution in [0.2, 0.25) is 0 Å². The number of fused-ring (bicyclic) bond motifs is 1. The maximum absolute atomic E-state index is 13.9. The third-order valence-corrected chi connectivity index (χ3v) is 9.04. The van der Waals surface area contributed by atoms with Crippen LogP contribution in [0.3, 0.4) is 0 Å². The number of sulfone groups is 1. The minimum Gasteiger partial charge on any atom is -0.396 e. The molecule has 0 amide bonds. The Balaban J connectivity index is 1.29. The molecule has 6 rings (SSSR count). The van der Waals surface area contributed by atoms with E-state index < -0.39 is 16.3 Å². The van der Waals surface area contributed by atoms with E-state index in [0.29, 0.717) is 35.8 Å². The van der Waals surface area contributed by atoms with E-state index in [0.717, 1.165) is 25.7 Å². The largest absolute Gasteiger partial charge is 0.396 e. The monoisotopic (exact) mass is 547 g/mol. The first-order valence-corrected chi connectivity index (χ1v) is 14.3. The van der Waals surface area contributed by atoms with Crippen LogP contribution in [-0.4, -0.2) is 84.1 Å². The average molecular weight is 548 g/mol. The lowest BCUT2D eigenvalue weighted by atomic mass is 9.87. The highest BCUT2D eigenvalue weighted by atomic mass is 32.2. The van der Waals surface area contributed by atoms with Crippen molar-refractivity contribution in [3.05, 3.63) is 36.5 Å². The summed E-state index contributed by atoms with van der Waals surface area (Å²) in [4.78, 5) is 6.60. The maximum Gasteiger partial charge on any atom is 0.284 e. The summed E-state index contributed by atoms with van der Waals surface area (Å²) in [5.41, 5.74) is 1.25. The molecule has 1 saturated carbocycles. The van der Waals surface area contributed by atoms with Gasteiger partial charge in [-0.1, -0.05) is 5.21 Å². The van der Waals surface area contributed by atoms with Crippen LogP contribution in [0.1, 0.15) is 43.8 Å². The third-order valence-electron chi connectivity index (χ3n) is 7.43. The van der Waals surface area contributed by atoms with E-state index in [2.05, 4.69) is 25.5 Å². The summed E-state index contributed by atoms with van der Waals surface area (Å²) in [5.74, 6) is 1.02. The highest BCUT2D eigenvalue weighted by molar-refractivity contribution is 7.91. The van der Waals surface area contributed by atoms with Crippen molar-refractivity contribution in [1.29, 1.82) is 0 Å². The molecule has 1 saturated heterocycles. The molecule has 202 valence electrons. The standard InChI is InChI=1S/C23H27F2N9O3S/c24-22(25)21-19(13-33(29-21)16-3-1-15(14-35)2-4-16)34-12-18(28-30-34)17-11-26-32-6-5-20(27-23(17)32)31-7-9-38(36,37)10-8-31/h5-6,11-13,15-16,22,35H,1-4,7-10,14H2. The Morgan fingerprint density at radius 2 is 1.87 bits per heavy atom. The van der Waals surface area contributed by atoms with E-state index in [-0.39, 0.29) is 41.5 Å². The molecule has 15 heteroatoms. The molecule has 4 aromatic rings. The highest BCUT2D eigenvalue weighted by Crippen LogP contribution is 2.34. The zero-order valence-corrected chi connectivity index (χ0v) is 21.3. The van der Waals surface area contributed by atoms with E-state index in [1.807, 2.05) is 4.90 Å². The highest BCUT2D eigenvalue weighted by Gasteiger charge is 2.28. The van der Waals surface area contributed by atoms with E-state index in [9.17, 15) is 22.3 Å². The van der Waals surface area contributed by atoms with Gasteiger partial charge < -0.3 is 10.0 Å². The molecule has 5 heterocycles. The molecule has 1 N–H and O–H groups in total. The molecule has 2 fully saturated rings. The molecule has 0 unspecified atom stereocenters. The fourth-order valence-electron chi connectivity index (χ4n) is 5.17. The summed E-state index contributed by atoms with van der Waals surface area (Å²) >= 11 is 0. The Kier molecular flexibility index (Phi) is 6.34. The van der Waals surface area contributed by atoms with Crippen molar-refractivity contribution in [2.75, 3.05) is 36.1 Å². The van der Waals surface area contributed by atoms with Crippen LogP contribution in [0, 0.1) is 5.92 Å². The second kappa shape index (κ2) is 9.69. The maximum atomic E-state index is 13.9. The molecule has 1 aliphatic heterocycles. The van der Waals surface area contributed by atoms with Gasteiger partial charge in [-0.05, 0) is 37.7 Å². The second-order valence-electron chi connectivity index (χ2n) is 9.84. The van der Waals surface area contributed by atoms with Gasteiger partial charge in [0.2, 0.25) is 0 Å². The van der Waals surface area contributed by atoms with E-state index in [1.165, 1.54) is 4.68 Å². The van der Waals surface area contributed by atoms with E-state index >= 15 is 0 Å². The number of rotatable bonds is 6. The lowest BCUT2D eigenvalue weighted by Crippen LogP contribution is -2.40. The van der Waals surface area contributed by atoms with Gasteiger partial charge in [-0.25, -0.2) is 31.4 Å². The zero-order valence-electron chi connectivity index (χ0n) is 20.4. The smallest absolute Gasteiger partial charge is 0.284 e. The number of halogens is 2. The SMILES string of the molecule is O=S1(=O)CCN(c2ccn3ncc(-c4cn(-c5cn(C6CCC(CO)CC6)nc5C(F)F)nn4)c3n2)CC1. The van der Waals surface area contributed by atoms with E-state index in [4.69, 9.17) is 0 Å². The fourth-order valence-corrected chi connectivity index (χ4v) is 6.37. The van der Waals surface area contributed by atoms with Crippen LogP contribution in [0.4, 0.5) is 14.6 Å². The van der Waals surface area contributed by atoms with Gasteiger partial charge in [0.15, 0.2) is 21.2 Å². The van der Waals surface area contributed by atoms with Gasteiger partial charge in [-0.2, -0.15) is 10.2 Å². The predicted octanol–water partition coefficient (Wildman–Crippen LogP) is 2.07. The van der Waals surface area contributed by atoms with Gasteiger partial charge in [0.1, 0.15) is 17.2 Å². The van der Waals surface area contributed by atoms with Crippen molar-refractivity contribution in [2.45, 2.75) is 38.2 Å². The number of alkyl halides is 2. The normalized spacial score (nSPS) is 21.9. The number of nitrogens with zero attached hydrogens (tertiary/aromatic N) is 9. The topological polar surface area (TPSA) is 136 Å². The summed E-state index contributed by atoms with van der Waals surface area (Å²) in [6, 6.07) is 1.76. The molecule has 4 aromatic heterocycles. The number of aliphatic hydroxyl groups is 1. The number of aromatic nitrogens is 8. The molecule has 38 heavy (non-hydrogen) atoms. The van der Waals surface area contributed by atoms with Crippen molar-refractivity contribution >= 4 is 21.3 Å². The lowest BCUT2D eigenvalue weighted by molar-refractivity contribution is 0.141. The second-order valence-corrected chi connectivity index (χ2v) is 12.1. The van der Waals surface area contributed by atoms with E-state index in [1.54, 1.807) is 40.1 Å². The van der Waals surface area contributed by atoms with Crippen LogP contribution in [-0.2, 0) is 9.84 Å². The molecule has 0 atom stereocenters. The number of hydrogen-bond donors (Lipinski definition) is 1. The predicted molar refractivity (Wildman–Crippen MR) is 133 cm³/mol. The van der Waals surface area contributed by atoms with Crippen LogP contribution in [0.25, 0.3) is 22.6 Å². The molecular weight excluding hydrogens is 520 g/mol. The summed E-state index contributed by atoms with van der Waals surface area (Å²) in [6.45, 7) is 0.849. The summed E-state index contributed by atoms with van der Waals surface area (Å²) < 4.78 is 55.9. The van der Waals surface area contributed by atoms with Crippen molar-refractivity contribution < 1.29 is 22.3 Å². The zero-order chi connectivity index (χ0) is 26.4. The Morgan fingerprint density at radius 1 is 1.11 bits per heavy atom. The molecule has 0 aromatic carbocycles. The molecule has 1 aliphatic carbocycles. The van der Waals surface area contributed by atoms with Gasteiger partial charge >= 0.3 is 0 Å². The fraction of sp³-hybridized carbons (Fsp3) is 0.522. The van der Waals surface area contributed by atoms with Gasteiger partial charge in [-0.3, -0.25) is 4.68 Å². The van der Waals surface area contributed by atoms with Crippen LogP contribution >= 0.6 is 0 Å². The van der Waals surface area contributed by atoms with Gasteiger partial charge in [-0.15, -0.1) is 5.10 Å². The first kappa shape index (κ1) is 24.9. The first-order chi connectivity index (χ1) is 18.3. The number of anilines is 1. The van der Waals surface area contributed by atoms with Crippen LogP contribution in [0.15, 0.2) is 30.9 Å². The Morgan fingerprint density at radius 3 is 2.58 bits per heavy atom.